The van der Waals surface area contributed by atoms with Crippen LogP contribution in [0.4, 0.5) is 0 Å². The van der Waals surface area contributed by atoms with Crippen LogP contribution in [0.15, 0.2) is 0 Å². The topological polar surface area (TPSA) is 41.6 Å². The number of hydrogen-bond donors (Lipinski definition) is 1. The summed E-state index contributed by atoms with van der Waals surface area (Å²) >= 11 is 0. The van der Waals surface area contributed by atoms with E-state index < -0.39 is 0 Å². The molecule has 0 bridgehead atoms. The van der Waals surface area contributed by atoms with Gasteiger partial charge in [0.05, 0.1) is 5.41 Å². The summed E-state index contributed by atoms with van der Waals surface area (Å²) in [6.45, 7) is 4.32. The number of carbonyl (C=O) groups is 1. The number of amides is 1. The zero-order chi connectivity index (χ0) is 12.1. The molecule has 0 atom stereocenters. The van der Waals surface area contributed by atoms with Gasteiger partial charge in [-0.2, -0.15) is 0 Å². The molecule has 1 amide bonds. The maximum atomic E-state index is 12.7. The van der Waals surface area contributed by atoms with E-state index in [0.717, 1.165) is 45.4 Å². The summed E-state index contributed by atoms with van der Waals surface area (Å²) in [4.78, 5) is 14.7. The lowest BCUT2D eigenvalue weighted by Crippen LogP contribution is -2.51. The molecule has 4 nitrogen and oxygen atoms in total. The Labute approximate surface area is 104 Å². The first-order chi connectivity index (χ1) is 8.28. The molecule has 4 heteroatoms. The minimum absolute atomic E-state index is 0.104. The lowest BCUT2D eigenvalue weighted by atomic mass is 9.81. The Bertz CT molecular complexity index is 256. The number of hydrogen-bond acceptors (Lipinski definition) is 3. The molecule has 1 aliphatic heterocycles. The molecule has 0 unspecified atom stereocenters. The maximum absolute atomic E-state index is 12.7. The molecule has 0 aromatic carbocycles. The maximum Gasteiger partial charge on any atom is 0.228 e. The van der Waals surface area contributed by atoms with Gasteiger partial charge in [-0.25, -0.2) is 0 Å². The Balaban J connectivity index is 2.01. The zero-order valence-electron chi connectivity index (χ0n) is 10.8. The quantitative estimate of drug-likeness (QED) is 0.797. The minimum Gasteiger partial charge on any atom is -0.385 e. The van der Waals surface area contributed by atoms with Crippen LogP contribution in [0.25, 0.3) is 0 Å². The van der Waals surface area contributed by atoms with Crippen LogP contribution in [0, 0.1) is 5.41 Å². The molecule has 0 radical (unpaired) electrons. The second-order valence-electron chi connectivity index (χ2n) is 5.27. The van der Waals surface area contributed by atoms with E-state index in [1.54, 1.807) is 7.11 Å². The van der Waals surface area contributed by atoms with Crippen LogP contribution in [0.5, 0.6) is 0 Å². The third-order valence-electron chi connectivity index (χ3n) is 4.20. The minimum atomic E-state index is -0.104. The predicted molar refractivity (Wildman–Crippen MR) is 66.8 cm³/mol. The van der Waals surface area contributed by atoms with Crippen LogP contribution in [0.2, 0.25) is 0 Å². The molecule has 1 saturated heterocycles. The van der Waals surface area contributed by atoms with E-state index >= 15 is 0 Å². The Kier molecular flexibility index (Phi) is 4.40. The molecular weight excluding hydrogens is 216 g/mol. The van der Waals surface area contributed by atoms with Gasteiger partial charge in [-0.15, -0.1) is 0 Å². The predicted octanol–water partition coefficient (Wildman–Crippen LogP) is 1.02. The highest BCUT2D eigenvalue weighted by Crippen LogP contribution is 2.42. The van der Waals surface area contributed by atoms with Crippen molar-refractivity contribution in [3.05, 3.63) is 0 Å². The van der Waals surface area contributed by atoms with Crippen molar-refractivity contribution < 1.29 is 9.53 Å². The Morgan fingerprint density at radius 1 is 1.29 bits per heavy atom. The van der Waals surface area contributed by atoms with Crippen molar-refractivity contribution >= 4 is 5.91 Å². The third-order valence-corrected chi connectivity index (χ3v) is 4.20. The summed E-state index contributed by atoms with van der Waals surface area (Å²) in [5, 5.41) is 3.30. The first kappa shape index (κ1) is 12.8. The monoisotopic (exact) mass is 240 g/mol. The lowest BCUT2D eigenvalue weighted by molar-refractivity contribution is -0.143. The molecule has 2 fully saturated rings. The van der Waals surface area contributed by atoms with Crippen LogP contribution in [-0.2, 0) is 9.53 Å². The second kappa shape index (κ2) is 5.83. The number of rotatable bonds is 4. The lowest BCUT2D eigenvalue weighted by Gasteiger charge is -2.36. The molecule has 17 heavy (non-hydrogen) atoms. The molecule has 0 aromatic rings. The standard InChI is InChI=1S/C13H24N2O2/c1-17-11-6-13(4-2-3-5-13)12(16)15-9-7-14-8-10-15/h14H,2-11H2,1H3. The number of ether oxygens (including phenoxy) is 1. The van der Waals surface area contributed by atoms with E-state index in [-0.39, 0.29) is 5.41 Å². The van der Waals surface area contributed by atoms with Gasteiger partial charge in [0.15, 0.2) is 0 Å². The summed E-state index contributed by atoms with van der Waals surface area (Å²) in [5.74, 6) is 0.383. The van der Waals surface area contributed by atoms with Crippen LogP contribution in [-0.4, -0.2) is 50.7 Å². The van der Waals surface area contributed by atoms with Crippen LogP contribution in [0.1, 0.15) is 32.1 Å². The smallest absolute Gasteiger partial charge is 0.228 e. The van der Waals surface area contributed by atoms with Crippen LogP contribution < -0.4 is 5.32 Å². The Morgan fingerprint density at radius 2 is 1.94 bits per heavy atom. The highest BCUT2D eigenvalue weighted by atomic mass is 16.5. The van der Waals surface area contributed by atoms with Gasteiger partial charge in [0.1, 0.15) is 0 Å². The molecule has 0 aromatic heterocycles. The van der Waals surface area contributed by atoms with Crippen molar-refractivity contribution in [3.63, 3.8) is 0 Å². The fourth-order valence-electron chi connectivity index (χ4n) is 3.12. The van der Waals surface area contributed by atoms with Crippen LogP contribution >= 0.6 is 0 Å². The zero-order valence-corrected chi connectivity index (χ0v) is 10.8. The first-order valence-electron chi connectivity index (χ1n) is 6.77. The first-order valence-corrected chi connectivity index (χ1v) is 6.77. The van der Waals surface area contributed by atoms with Crippen molar-refractivity contribution in [2.75, 3.05) is 39.9 Å². The van der Waals surface area contributed by atoms with Crippen LogP contribution in [0.3, 0.4) is 0 Å². The molecular formula is C13H24N2O2. The van der Waals surface area contributed by atoms with E-state index in [0.29, 0.717) is 12.5 Å². The van der Waals surface area contributed by atoms with Crippen molar-refractivity contribution in [3.8, 4) is 0 Å². The van der Waals surface area contributed by atoms with E-state index in [9.17, 15) is 4.79 Å². The van der Waals surface area contributed by atoms with Gasteiger partial charge in [0.25, 0.3) is 0 Å². The Morgan fingerprint density at radius 3 is 2.53 bits per heavy atom. The molecule has 0 spiro atoms. The largest absolute Gasteiger partial charge is 0.385 e. The van der Waals surface area contributed by atoms with Gasteiger partial charge in [-0.1, -0.05) is 12.8 Å². The highest BCUT2D eigenvalue weighted by molar-refractivity contribution is 5.83. The van der Waals surface area contributed by atoms with Gasteiger partial charge in [-0.3, -0.25) is 4.79 Å². The summed E-state index contributed by atoms with van der Waals surface area (Å²) in [6.07, 6.45) is 5.40. The molecule has 1 aliphatic carbocycles. The summed E-state index contributed by atoms with van der Waals surface area (Å²) < 4.78 is 5.18. The van der Waals surface area contributed by atoms with Crippen molar-refractivity contribution in [2.24, 2.45) is 5.41 Å². The van der Waals surface area contributed by atoms with Crippen molar-refractivity contribution in [1.29, 1.82) is 0 Å². The molecule has 98 valence electrons. The number of methoxy groups -OCH3 is 1. The van der Waals surface area contributed by atoms with Gasteiger partial charge >= 0.3 is 0 Å². The SMILES string of the molecule is COCCC1(C(=O)N2CCNCC2)CCCC1. The van der Waals surface area contributed by atoms with Gasteiger partial charge in [-0.05, 0) is 19.3 Å². The normalized spacial score (nSPS) is 23.9. The van der Waals surface area contributed by atoms with Crippen molar-refractivity contribution in [1.82, 2.24) is 10.2 Å². The van der Waals surface area contributed by atoms with E-state index in [1.807, 2.05) is 0 Å². The fraction of sp³-hybridized carbons (Fsp3) is 0.923. The summed E-state index contributed by atoms with van der Waals surface area (Å²) in [5.41, 5.74) is -0.104. The average molecular weight is 240 g/mol. The average Bonchev–Trinajstić information content (AvgIpc) is 2.86. The molecule has 1 heterocycles. The fourth-order valence-corrected chi connectivity index (χ4v) is 3.12. The summed E-state index contributed by atoms with van der Waals surface area (Å²) in [7, 11) is 1.72. The van der Waals surface area contributed by atoms with E-state index in [4.69, 9.17) is 4.74 Å². The van der Waals surface area contributed by atoms with Gasteiger partial charge < -0.3 is 15.0 Å². The molecule has 2 rings (SSSR count). The van der Waals surface area contributed by atoms with Crippen molar-refractivity contribution in [2.45, 2.75) is 32.1 Å². The van der Waals surface area contributed by atoms with Gasteiger partial charge in [0.2, 0.25) is 5.91 Å². The van der Waals surface area contributed by atoms with E-state index in [2.05, 4.69) is 10.2 Å². The number of nitrogens with one attached hydrogen (secondary N) is 1. The Hall–Kier alpha value is -0.610. The summed E-state index contributed by atoms with van der Waals surface area (Å²) in [6, 6.07) is 0. The number of nitrogens with zero attached hydrogens (tertiary/aromatic N) is 1. The molecule has 1 N–H and O–H groups in total. The molecule has 1 saturated carbocycles. The third kappa shape index (κ3) is 2.80. The molecule has 2 aliphatic rings. The van der Waals surface area contributed by atoms with Gasteiger partial charge in [0, 0.05) is 39.9 Å². The number of carbonyl (C=O) groups excluding carboxylic acids is 1. The van der Waals surface area contributed by atoms with E-state index in [1.165, 1.54) is 12.8 Å². The second-order valence-corrected chi connectivity index (χ2v) is 5.27. The highest BCUT2D eigenvalue weighted by Gasteiger charge is 2.43. The number of piperazine rings is 1.